The van der Waals surface area contributed by atoms with Crippen molar-refractivity contribution in [1.82, 2.24) is 4.90 Å². The van der Waals surface area contributed by atoms with Crippen molar-refractivity contribution in [1.29, 1.82) is 0 Å². The molecule has 0 spiro atoms. The highest BCUT2D eigenvalue weighted by atomic mass is 16.5. The van der Waals surface area contributed by atoms with E-state index in [0.29, 0.717) is 6.54 Å². The monoisotopic (exact) mass is 327 g/mol. The number of likely N-dealkylation sites (N-methyl/N-ethyl adjacent to an activating group) is 1. The van der Waals surface area contributed by atoms with Gasteiger partial charge in [0.1, 0.15) is 11.3 Å². The first-order valence-electron chi connectivity index (χ1n) is 7.63. The Balaban J connectivity index is 1.91. The molecule has 0 saturated carbocycles. The molecule has 0 bridgehead atoms. The van der Waals surface area contributed by atoms with Gasteiger partial charge in [-0.05, 0) is 31.5 Å². The second-order valence-corrected chi connectivity index (χ2v) is 5.83. The number of carbonyl (C=O) groups excluding carboxylic acids is 2. The van der Waals surface area contributed by atoms with Crippen molar-refractivity contribution in [2.24, 2.45) is 0 Å². The quantitative estimate of drug-likeness (QED) is 0.858. The Kier molecular flexibility index (Phi) is 5.58. The number of esters is 1. The van der Waals surface area contributed by atoms with Crippen molar-refractivity contribution in [2.45, 2.75) is 20.4 Å². The van der Waals surface area contributed by atoms with Crippen LogP contribution in [0.3, 0.4) is 0 Å². The van der Waals surface area contributed by atoms with Gasteiger partial charge >= 0.3 is 5.97 Å². The average molecular weight is 327 g/mol. The number of aromatic hydroxyl groups is 1. The first-order chi connectivity index (χ1) is 11.4. The highest BCUT2D eigenvalue weighted by molar-refractivity contribution is 5.94. The predicted octanol–water partition coefficient (Wildman–Crippen LogP) is 2.82. The molecule has 2 aromatic rings. The minimum Gasteiger partial charge on any atom is -0.507 e. The molecule has 0 aromatic heterocycles. The smallest absolute Gasteiger partial charge is 0.342 e. The van der Waals surface area contributed by atoms with Gasteiger partial charge in [-0.2, -0.15) is 0 Å². The summed E-state index contributed by atoms with van der Waals surface area (Å²) in [7, 11) is 1.65. The van der Waals surface area contributed by atoms with Crippen molar-refractivity contribution in [2.75, 3.05) is 13.7 Å². The Morgan fingerprint density at radius 1 is 1.04 bits per heavy atom. The number of phenols is 1. The van der Waals surface area contributed by atoms with E-state index < -0.39 is 5.97 Å². The van der Waals surface area contributed by atoms with Crippen molar-refractivity contribution >= 4 is 11.9 Å². The Morgan fingerprint density at radius 3 is 2.33 bits per heavy atom. The molecule has 0 unspecified atom stereocenters. The lowest BCUT2D eigenvalue weighted by atomic mass is 10.1. The molecule has 0 aliphatic carbocycles. The number of hydrogen-bond donors (Lipinski definition) is 1. The second kappa shape index (κ2) is 7.64. The van der Waals surface area contributed by atoms with Crippen molar-refractivity contribution in [3.05, 3.63) is 64.7 Å². The van der Waals surface area contributed by atoms with Crippen LogP contribution in [0.5, 0.6) is 5.75 Å². The van der Waals surface area contributed by atoms with Gasteiger partial charge < -0.3 is 14.7 Å². The number of carbonyl (C=O) groups is 2. The summed E-state index contributed by atoms with van der Waals surface area (Å²) in [6.07, 6.45) is 0. The topological polar surface area (TPSA) is 66.8 Å². The van der Waals surface area contributed by atoms with Gasteiger partial charge in [0.2, 0.25) is 0 Å². The third-order valence-electron chi connectivity index (χ3n) is 3.66. The fourth-order valence-electron chi connectivity index (χ4n) is 2.18. The van der Waals surface area contributed by atoms with Crippen LogP contribution in [-0.4, -0.2) is 35.5 Å². The highest BCUT2D eigenvalue weighted by Crippen LogP contribution is 2.19. The molecular formula is C19H21NO4. The molecule has 0 aliphatic rings. The lowest BCUT2D eigenvalue weighted by molar-refractivity contribution is -0.133. The molecule has 0 heterocycles. The molecule has 0 radical (unpaired) electrons. The average Bonchev–Trinajstić information content (AvgIpc) is 2.56. The third kappa shape index (κ3) is 4.59. The summed E-state index contributed by atoms with van der Waals surface area (Å²) in [6, 6.07) is 12.5. The van der Waals surface area contributed by atoms with Crippen LogP contribution in [0.2, 0.25) is 0 Å². The fraction of sp³-hybridized carbons (Fsp3) is 0.263. The standard InChI is InChI=1S/C19H21NO4/c1-13-4-7-15(8-5-13)11-20(3)18(22)12-24-19(23)16-10-14(2)6-9-17(16)21/h4-10,21H,11-12H2,1-3H3. The molecule has 24 heavy (non-hydrogen) atoms. The molecule has 126 valence electrons. The first kappa shape index (κ1) is 17.5. The summed E-state index contributed by atoms with van der Waals surface area (Å²) < 4.78 is 5.01. The van der Waals surface area contributed by atoms with Crippen LogP contribution in [0.15, 0.2) is 42.5 Å². The molecular weight excluding hydrogens is 306 g/mol. The maximum Gasteiger partial charge on any atom is 0.342 e. The van der Waals surface area contributed by atoms with E-state index >= 15 is 0 Å². The number of ether oxygens (including phenoxy) is 1. The van der Waals surface area contributed by atoms with E-state index in [1.165, 1.54) is 17.0 Å². The molecule has 2 rings (SSSR count). The van der Waals surface area contributed by atoms with Crippen LogP contribution < -0.4 is 0 Å². The zero-order valence-corrected chi connectivity index (χ0v) is 14.1. The largest absolute Gasteiger partial charge is 0.507 e. The zero-order valence-electron chi connectivity index (χ0n) is 14.1. The summed E-state index contributed by atoms with van der Waals surface area (Å²) in [6.45, 7) is 3.87. The van der Waals surface area contributed by atoms with Crippen LogP contribution in [0, 0.1) is 13.8 Å². The third-order valence-corrected chi connectivity index (χ3v) is 3.66. The van der Waals surface area contributed by atoms with Gasteiger partial charge in [0.15, 0.2) is 6.61 Å². The van der Waals surface area contributed by atoms with Crippen molar-refractivity contribution in [3.8, 4) is 5.75 Å². The summed E-state index contributed by atoms with van der Waals surface area (Å²) in [5.41, 5.74) is 3.03. The van der Waals surface area contributed by atoms with Crippen molar-refractivity contribution < 1.29 is 19.4 Å². The van der Waals surface area contributed by atoms with E-state index in [-0.39, 0.29) is 23.8 Å². The lowest BCUT2D eigenvalue weighted by Gasteiger charge is -2.17. The van der Waals surface area contributed by atoms with Crippen LogP contribution in [0.1, 0.15) is 27.0 Å². The number of aryl methyl sites for hydroxylation is 2. The first-order valence-corrected chi connectivity index (χ1v) is 7.63. The molecule has 5 heteroatoms. The lowest BCUT2D eigenvalue weighted by Crippen LogP contribution is -2.30. The predicted molar refractivity (Wildman–Crippen MR) is 90.8 cm³/mol. The fourth-order valence-corrected chi connectivity index (χ4v) is 2.18. The van der Waals surface area contributed by atoms with Gasteiger partial charge in [-0.3, -0.25) is 4.79 Å². The number of amides is 1. The van der Waals surface area contributed by atoms with E-state index in [2.05, 4.69) is 0 Å². The van der Waals surface area contributed by atoms with Gasteiger partial charge in [-0.15, -0.1) is 0 Å². The number of rotatable bonds is 5. The van der Waals surface area contributed by atoms with Crippen molar-refractivity contribution in [3.63, 3.8) is 0 Å². The number of nitrogens with zero attached hydrogens (tertiary/aromatic N) is 1. The Labute approximate surface area is 141 Å². The summed E-state index contributed by atoms with van der Waals surface area (Å²) in [5.74, 6) is -1.18. The maximum atomic E-state index is 12.1. The molecule has 1 amide bonds. The van der Waals surface area contributed by atoms with Gasteiger partial charge in [0, 0.05) is 13.6 Å². The summed E-state index contributed by atoms with van der Waals surface area (Å²) in [5, 5.41) is 9.70. The molecule has 2 aromatic carbocycles. The Hall–Kier alpha value is -2.82. The Bertz CT molecular complexity index is 738. The minimum atomic E-state index is -0.715. The SMILES string of the molecule is Cc1ccc(CN(C)C(=O)COC(=O)c2cc(C)ccc2O)cc1. The van der Waals surface area contributed by atoms with Gasteiger partial charge in [0.25, 0.3) is 5.91 Å². The second-order valence-electron chi connectivity index (χ2n) is 5.83. The summed E-state index contributed by atoms with van der Waals surface area (Å²) in [4.78, 5) is 25.6. The molecule has 0 saturated heterocycles. The van der Waals surface area contributed by atoms with Crippen LogP contribution >= 0.6 is 0 Å². The van der Waals surface area contributed by atoms with Gasteiger partial charge in [0.05, 0.1) is 0 Å². The van der Waals surface area contributed by atoms with Crippen LogP contribution in [0.25, 0.3) is 0 Å². The van der Waals surface area contributed by atoms with E-state index in [9.17, 15) is 14.7 Å². The van der Waals surface area contributed by atoms with Crippen LogP contribution in [0.4, 0.5) is 0 Å². The number of hydrogen-bond acceptors (Lipinski definition) is 4. The van der Waals surface area contributed by atoms with E-state index in [1.54, 1.807) is 20.0 Å². The molecule has 5 nitrogen and oxygen atoms in total. The molecule has 0 fully saturated rings. The van der Waals surface area contributed by atoms with Crippen LogP contribution in [-0.2, 0) is 16.1 Å². The van der Waals surface area contributed by atoms with Gasteiger partial charge in [-0.1, -0.05) is 41.5 Å². The Morgan fingerprint density at radius 2 is 1.67 bits per heavy atom. The summed E-state index contributed by atoms with van der Waals surface area (Å²) >= 11 is 0. The van der Waals surface area contributed by atoms with E-state index in [1.807, 2.05) is 31.2 Å². The number of phenolic OH excluding ortho intramolecular Hbond substituents is 1. The molecule has 0 aliphatic heterocycles. The van der Waals surface area contributed by atoms with E-state index in [0.717, 1.165) is 16.7 Å². The highest BCUT2D eigenvalue weighted by Gasteiger charge is 2.16. The molecule has 1 N–H and O–H groups in total. The minimum absolute atomic E-state index is 0.0592. The normalized spacial score (nSPS) is 10.3. The number of benzene rings is 2. The maximum absolute atomic E-state index is 12.1. The van der Waals surface area contributed by atoms with E-state index in [4.69, 9.17) is 4.74 Å². The zero-order chi connectivity index (χ0) is 17.7. The molecule has 0 atom stereocenters. The van der Waals surface area contributed by atoms with Gasteiger partial charge in [-0.25, -0.2) is 4.79 Å².